The molecule has 0 spiro atoms. The summed E-state index contributed by atoms with van der Waals surface area (Å²) < 4.78 is 7.04. The molecular formula is C17H14N2O3. The van der Waals surface area contributed by atoms with Gasteiger partial charge in [0.05, 0.1) is 11.4 Å². The van der Waals surface area contributed by atoms with E-state index in [9.17, 15) is 9.59 Å². The van der Waals surface area contributed by atoms with Crippen molar-refractivity contribution in [1.82, 2.24) is 9.55 Å². The van der Waals surface area contributed by atoms with Gasteiger partial charge in [-0.2, -0.15) is 0 Å². The van der Waals surface area contributed by atoms with E-state index in [1.54, 1.807) is 10.6 Å². The van der Waals surface area contributed by atoms with E-state index in [0.717, 1.165) is 28.4 Å². The van der Waals surface area contributed by atoms with Crippen LogP contribution in [0.3, 0.4) is 0 Å². The van der Waals surface area contributed by atoms with Crippen LogP contribution in [0.25, 0.3) is 10.9 Å². The first-order valence-electron chi connectivity index (χ1n) is 7.15. The van der Waals surface area contributed by atoms with Gasteiger partial charge >= 0.3 is 5.97 Å². The molecule has 0 saturated carbocycles. The zero-order valence-electron chi connectivity index (χ0n) is 11.8. The second kappa shape index (κ2) is 4.87. The Labute approximate surface area is 126 Å². The minimum Gasteiger partial charge on any atom is -0.458 e. The highest BCUT2D eigenvalue weighted by Crippen LogP contribution is 2.29. The van der Waals surface area contributed by atoms with Crippen molar-refractivity contribution in [1.29, 1.82) is 0 Å². The van der Waals surface area contributed by atoms with E-state index >= 15 is 0 Å². The average Bonchev–Trinajstić information content (AvgIpc) is 3.14. The fourth-order valence-corrected chi connectivity index (χ4v) is 3.13. The molecule has 1 aromatic carbocycles. The second-order valence-electron chi connectivity index (χ2n) is 5.42. The zero-order chi connectivity index (χ0) is 15.1. The molecule has 22 heavy (non-hydrogen) atoms. The summed E-state index contributed by atoms with van der Waals surface area (Å²) >= 11 is 0. The van der Waals surface area contributed by atoms with Crippen LogP contribution < -0.4 is 0 Å². The van der Waals surface area contributed by atoms with Crippen molar-refractivity contribution in [3.05, 3.63) is 59.5 Å². The number of aldehydes is 1. The Balaban J connectivity index is 1.78. The molecule has 4 rings (SSSR count). The number of cyclic esters (lactones) is 1. The number of benzene rings is 1. The van der Waals surface area contributed by atoms with Crippen molar-refractivity contribution in [2.24, 2.45) is 0 Å². The van der Waals surface area contributed by atoms with Crippen LogP contribution in [0, 0.1) is 0 Å². The Hall–Kier alpha value is -2.82. The van der Waals surface area contributed by atoms with Gasteiger partial charge in [0.25, 0.3) is 0 Å². The van der Waals surface area contributed by atoms with E-state index in [1.807, 2.05) is 36.5 Å². The quantitative estimate of drug-likeness (QED) is 0.596. The largest absolute Gasteiger partial charge is 0.458 e. The number of aromatic amines is 1. The second-order valence-corrected chi connectivity index (χ2v) is 5.42. The summed E-state index contributed by atoms with van der Waals surface area (Å²) in [5.41, 5.74) is 3.43. The van der Waals surface area contributed by atoms with Gasteiger partial charge in [-0.05, 0) is 23.8 Å². The van der Waals surface area contributed by atoms with E-state index in [4.69, 9.17) is 4.74 Å². The fraction of sp³-hybridized carbons (Fsp3) is 0.176. The number of fused-ring (bicyclic) bond motifs is 2. The lowest BCUT2D eigenvalue weighted by molar-refractivity contribution is -0.152. The molecule has 5 nitrogen and oxygen atoms in total. The minimum absolute atomic E-state index is 0.219. The highest BCUT2D eigenvalue weighted by molar-refractivity contribution is 5.85. The van der Waals surface area contributed by atoms with Gasteiger partial charge < -0.3 is 14.3 Å². The Morgan fingerprint density at radius 1 is 1.27 bits per heavy atom. The van der Waals surface area contributed by atoms with Gasteiger partial charge in [0.2, 0.25) is 0 Å². The van der Waals surface area contributed by atoms with Crippen LogP contribution in [-0.2, 0) is 22.6 Å². The smallest absolute Gasteiger partial charge is 0.329 e. The number of ether oxygens (including phenoxy) is 1. The minimum atomic E-state index is -0.502. The van der Waals surface area contributed by atoms with Gasteiger partial charge in [-0.3, -0.25) is 4.79 Å². The standard InChI is InChI=1S/C17H14N2O3/c20-9-12-5-6-13-10-22-17(21)16(19(12)13)7-11-8-18-15-4-2-1-3-14(11)15/h1-6,8-9,16,18H,7,10H2/t16-/m0/s1. The highest BCUT2D eigenvalue weighted by Gasteiger charge is 2.31. The molecule has 0 aliphatic carbocycles. The van der Waals surface area contributed by atoms with Crippen molar-refractivity contribution in [2.75, 3.05) is 0 Å². The number of hydrogen-bond acceptors (Lipinski definition) is 3. The van der Waals surface area contributed by atoms with E-state index in [2.05, 4.69) is 4.98 Å². The molecule has 0 amide bonds. The Morgan fingerprint density at radius 2 is 2.14 bits per heavy atom. The third kappa shape index (κ3) is 1.86. The molecule has 1 atom stereocenters. The molecule has 1 aliphatic heterocycles. The van der Waals surface area contributed by atoms with E-state index in [0.29, 0.717) is 12.1 Å². The number of nitrogens with one attached hydrogen (secondary N) is 1. The summed E-state index contributed by atoms with van der Waals surface area (Å²) in [6, 6.07) is 11.0. The summed E-state index contributed by atoms with van der Waals surface area (Å²) in [4.78, 5) is 26.7. The van der Waals surface area contributed by atoms with Crippen molar-refractivity contribution >= 4 is 23.2 Å². The molecule has 5 heteroatoms. The summed E-state index contributed by atoms with van der Waals surface area (Å²) in [7, 11) is 0. The van der Waals surface area contributed by atoms with Gasteiger partial charge in [0.1, 0.15) is 12.6 Å². The molecule has 2 aromatic heterocycles. The van der Waals surface area contributed by atoms with Crippen molar-refractivity contribution < 1.29 is 14.3 Å². The fourth-order valence-electron chi connectivity index (χ4n) is 3.13. The molecule has 0 unspecified atom stereocenters. The zero-order valence-corrected chi connectivity index (χ0v) is 11.8. The van der Waals surface area contributed by atoms with Crippen molar-refractivity contribution in [3.8, 4) is 0 Å². The van der Waals surface area contributed by atoms with Crippen LogP contribution >= 0.6 is 0 Å². The third-order valence-corrected chi connectivity index (χ3v) is 4.19. The maximum atomic E-state index is 12.2. The molecular weight excluding hydrogens is 280 g/mol. The maximum Gasteiger partial charge on any atom is 0.329 e. The average molecular weight is 294 g/mol. The topological polar surface area (TPSA) is 64.1 Å². The summed E-state index contributed by atoms with van der Waals surface area (Å²) in [6.45, 7) is 0.219. The van der Waals surface area contributed by atoms with Crippen LogP contribution in [0.2, 0.25) is 0 Å². The molecule has 0 fully saturated rings. The number of esters is 1. The molecule has 1 aliphatic rings. The van der Waals surface area contributed by atoms with Crippen molar-refractivity contribution in [2.45, 2.75) is 19.1 Å². The number of rotatable bonds is 3. The number of carbonyl (C=O) groups is 2. The van der Waals surface area contributed by atoms with Crippen LogP contribution in [0.1, 0.15) is 27.8 Å². The highest BCUT2D eigenvalue weighted by atomic mass is 16.5. The summed E-state index contributed by atoms with van der Waals surface area (Å²) in [5.74, 6) is -0.294. The number of carbonyl (C=O) groups excluding carboxylic acids is 2. The Kier molecular flexibility index (Phi) is 2.85. The molecule has 3 aromatic rings. The summed E-state index contributed by atoms with van der Waals surface area (Å²) in [6.07, 6.45) is 3.19. The number of para-hydroxylation sites is 1. The first-order chi connectivity index (χ1) is 10.8. The predicted molar refractivity (Wildman–Crippen MR) is 80.7 cm³/mol. The molecule has 1 N–H and O–H groups in total. The summed E-state index contributed by atoms with van der Waals surface area (Å²) in [5, 5.41) is 1.09. The van der Waals surface area contributed by atoms with Gasteiger partial charge in [-0.15, -0.1) is 0 Å². The number of hydrogen-bond donors (Lipinski definition) is 1. The van der Waals surface area contributed by atoms with E-state index in [-0.39, 0.29) is 12.6 Å². The number of nitrogens with zero attached hydrogens (tertiary/aromatic N) is 1. The lowest BCUT2D eigenvalue weighted by Crippen LogP contribution is -2.31. The van der Waals surface area contributed by atoms with Gasteiger partial charge in [0, 0.05) is 23.5 Å². The molecule has 110 valence electrons. The van der Waals surface area contributed by atoms with Crippen LogP contribution in [-0.4, -0.2) is 21.8 Å². The van der Waals surface area contributed by atoms with Gasteiger partial charge in [-0.1, -0.05) is 18.2 Å². The van der Waals surface area contributed by atoms with Crippen molar-refractivity contribution in [3.63, 3.8) is 0 Å². The molecule has 0 radical (unpaired) electrons. The van der Waals surface area contributed by atoms with Crippen LogP contribution in [0.4, 0.5) is 0 Å². The van der Waals surface area contributed by atoms with Gasteiger partial charge in [0.15, 0.2) is 6.29 Å². The van der Waals surface area contributed by atoms with Crippen LogP contribution in [0.15, 0.2) is 42.6 Å². The van der Waals surface area contributed by atoms with Gasteiger partial charge in [-0.25, -0.2) is 4.79 Å². The Bertz CT molecular complexity index is 875. The molecule has 0 saturated heterocycles. The third-order valence-electron chi connectivity index (χ3n) is 4.19. The SMILES string of the molecule is O=Cc1ccc2n1[C@@H](Cc1c[nH]c3ccccc13)C(=O)OC2. The number of H-pyrrole nitrogens is 1. The first kappa shape index (κ1) is 12.9. The molecule has 3 heterocycles. The first-order valence-corrected chi connectivity index (χ1v) is 7.15. The Morgan fingerprint density at radius 3 is 3.00 bits per heavy atom. The lowest BCUT2D eigenvalue weighted by Gasteiger charge is -2.26. The molecule has 0 bridgehead atoms. The van der Waals surface area contributed by atoms with Crippen LogP contribution in [0.5, 0.6) is 0 Å². The monoisotopic (exact) mass is 294 g/mol. The van der Waals surface area contributed by atoms with E-state index < -0.39 is 6.04 Å². The normalized spacial score (nSPS) is 17.3. The lowest BCUT2D eigenvalue weighted by atomic mass is 10.0. The van der Waals surface area contributed by atoms with E-state index in [1.165, 1.54) is 0 Å². The maximum absolute atomic E-state index is 12.2. The number of aromatic nitrogens is 2. The predicted octanol–water partition coefficient (Wildman–Crippen LogP) is 2.62.